The number of carbonyl (C=O) groups excluding carboxylic acids is 2. The molecule has 27 heavy (non-hydrogen) atoms. The highest BCUT2D eigenvalue weighted by Gasteiger charge is 2.38. The zero-order chi connectivity index (χ0) is 19.2. The number of hydrogen-bond donors (Lipinski definition) is 0. The standard InChI is InChI=1S/C20H29N3O4/c1-16-5-3-6-17(13-16)27-15-19(24)23-8-4-7-21-9-10-22(11-12-26-2)20(25)18(21)14-23/h3,5-6,13,18H,4,7-12,14-15H2,1-2H3. The van der Waals surface area contributed by atoms with Crippen molar-refractivity contribution in [2.24, 2.45) is 0 Å². The molecule has 1 aromatic carbocycles. The first-order valence-electron chi connectivity index (χ1n) is 9.57. The van der Waals surface area contributed by atoms with Crippen molar-refractivity contribution in [3.8, 4) is 5.75 Å². The van der Waals surface area contributed by atoms with Crippen LogP contribution in [0.1, 0.15) is 12.0 Å². The van der Waals surface area contributed by atoms with Crippen LogP contribution in [0.5, 0.6) is 5.75 Å². The molecule has 0 aromatic heterocycles. The number of hydrogen-bond acceptors (Lipinski definition) is 5. The molecule has 2 amide bonds. The predicted molar refractivity (Wildman–Crippen MR) is 102 cm³/mol. The van der Waals surface area contributed by atoms with E-state index in [-0.39, 0.29) is 24.5 Å². The van der Waals surface area contributed by atoms with Gasteiger partial charge in [0.25, 0.3) is 5.91 Å². The number of carbonyl (C=O) groups is 2. The van der Waals surface area contributed by atoms with Gasteiger partial charge < -0.3 is 19.3 Å². The van der Waals surface area contributed by atoms with Crippen LogP contribution in [0.2, 0.25) is 0 Å². The number of amides is 2. The SMILES string of the molecule is COCCN1CCN2CCCN(C(=O)COc3cccc(C)c3)CC2C1=O. The van der Waals surface area contributed by atoms with Crippen molar-refractivity contribution >= 4 is 11.8 Å². The third-order valence-corrected chi connectivity index (χ3v) is 5.23. The smallest absolute Gasteiger partial charge is 0.260 e. The summed E-state index contributed by atoms with van der Waals surface area (Å²) in [4.78, 5) is 31.4. The second-order valence-electron chi connectivity index (χ2n) is 7.17. The van der Waals surface area contributed by atoms with E-state index >= 15 is 0 Å². The van der Waals surface area contributed by atoms with E-state index in [1.165, 1.54) is 0 Å². The van der Waals surface area contributed by atoms with Gasteiger partial charge in [0.1, 0.15) is 11.8 Å². The molecule has 0 spiro atoms. The number of methoxy groups -OCH3 is 1. The van der Waals surface area contributed by atoms with Crippen LogP contribution < -0.4 is 4.74 Å². The summed E-state index contributed by atoms with van der Waals surface area (Å²) in [5.74, 6) is 0.719. The molecule has 3 rings (SSSR count). The Balaban J connectivity index is 1.59. The summed E-state index contributed by atoms with van der Waals surface area (Å²) >= 11 is 0. The highest BCUT2D eigenvalue weighted by molar-refractivity contribution is 5.84. The highest BCUT2D eigenvalue weighted by atomic mass is 16.5. The van der Waals surface area contributed by atoms with Crippen LogP contribution >= 0.6 is 0 Å². The zero-order valence-electron chi connectivity index (χ0n) is 16.2. The van der Waals surface area contributed by atoms with Gasteiger partial charge in [0, 0.05) is 46.4 Å². The Kier molecular flexibility index (Phi) is 6.68. The summed E-state index contributed by atoms with van der Waals surface area (Å²) in [6, 6.07) is 7.40. The van der Waals surface area contributed by atoms with Gasteiger partial charge in [-0.2, -0.15) is 0 Å². The molecule has 0 aliphatic carbocycles. The Bertz CT molecular complexity index is 666. The maximum atomic E-state index is 12.9. The second kappa shape index (κ2) is 9.19. The van der Waals surface area contributed by atoms with E-state index in [9.17, 15) is 9.59 Å². The van der Waals surface area contributed by atoms with Gasteiger partial charge in [-0.25, -0.2) is 0 Å². The summed E-state index contributed by atoms with van der Waals surface area (Å²) in [7, 11) is 1.64. The Hall–Kier alpha value is -2.12. The molecule has 1 atom stereocenters. The summed E-state index contributed by atoms with van der Waals surface area (Å²) < 4.78 is 10.8. The van der Waals surface area contributed by atoms with Crippen molar-refractivity contribution in [2.75, 3.05) is 59.6 Å². The fraction of sp³-hybridized carbons (Fsp3) is 0.600. The topological polar surface area (TPSA) is 62.3 Å². The molecule has 1 unspecified atom stereocenters. The molecule has 0 bridgehead atoms. The number of nitrogens with zero attached hydrogens (tertiary/aromatic N) is 3. The number of fused-ring (bicyclic) bond motifs is 1. The molecular weight excluding hydrogens is 346 g/mol. The van der Waals surface area contributed by atoms with Gasteiger partial charge in [-0.3, -0.25) is 14.5 Å². The molecule has 2 aliphatic heterocycles. The molecule has 2 aliphatic rings. The lowest BCUT2D eigenvalue weighted by Gasteiger charge is -2.40. The molecular formula is C20H29N3O4. The lowest BCUT2D eigenvalue weighted by Crippen LogP contribution is -2.60. The van der Waals surface area contributed by atoms with Crippen LogP contribution in [-0.4, -0.2) is 92.1 Å². The van der Waals surface area contributed by atoms with Gasteiger partial charge >= 0.3 is 0 Å². The summed E-state index contributed by atoms with van der Waals surface area (Å²) in [6.45, 7) is 6.63. The van der Waals surface area contributed by atoms with Gasteiger partial charge in [-0.1, -0.05) is 12.1 Å². The van der Waals surface area contributed by atoms with Crippen molar-refractivity contribution < 1.29 is 19.1 Å². The van der Waals surface area contributed by atoms with Gasteiger partial charge in [0.15, 0.2) is 6.61 Å². The zero-order valence-corrected chi connectivity index (χ0v) is 16.2. The Morgan fingerprint density at radius 1 is 1.22 bits per heavy atom. The Morgan fingerprint density at radius 2 is 2.07 bits per heavy atom. The number of ether oxygens (including phenoxy) is 2. The number of rotatable bonds is 6. The average Bonchev–Trinajstić information content (AvgIpc) is 2.89. The van der Waals surface area contributed by atoms with Crippen molar-refractivity contribution in [2.45, 2.75) is 19.4 Å². The van der Waals surface area contributed by atoms with Crippen molar-refractivity contribution in [3.63, 3.8) is 0 Å². The fourth-order valence-electron chi connectivity index (χ4n) is 3.70. The van der Waals surface area contributed by atoms with Crippen LogP contribution in [0, 0.1) is 6.92 Å². The maximum Gasteiger partial charge on any atom is 0.260 e. The average molecular weight is 375 g/mol. The second-order valence-corrected chi connectivity index (χ2v) is 7.17. The van der Waals surface area contributed by atoms with E-state index in [2.05, 4.69) is 4.90 Å². The predicted octanol–water partition coefficient (Wildman–Crippen LogP) is 0.765. The lowest BCUT2D eigenvalue weighted by molar-refractivity contribution is -0.144. The minimum absolute atomic E-state index is 0.00223. The molecule has 2 saturated heterocycles. The molecule has 148 valence electrons. The monoisotopic (exact) mass is 375 g/mol. The van der Waals surface area contributed by atoms with Crippen LogP contribution in [0.25, 0.3) is 0 Å². The molecule has 1 aromatic rings. The Labute approximate surface area is 160 Å². The molecule has 0 radical (unpaired) electrons. The van der Waals surface area contributed by atoms with Crippen LogP contribution in [0.4, 0.5) is 0 Å². The van der Waals surface area contributed by atoms with Crippen molar-refractivity contribution in [1.29, 1.82) is 0 Å². The first kappa shape index (κ1) is 19.6. The van der Waals surface area contributed by atoms with Crippen molar-refractivity contribution in [1.82, 2.24) is 14.7 Å². The summed E-state index contributed by atoms with van der Waals surface area (Å²) in [5.41, 5.74) is 1.09. The molecule has 2 heterocycles. The minimum atomic E-state index is -0.263. The van der Waals surface area contributed by atoms with Gasteiger partial charge in [0.05, 0.1) is 6.61 Å². The van der Waals surface area contributed by atoms with Crippen LogP contribution in [-0.2, 0) is 14.3 Å². The third-order valence-electron chi connectivity index (χ3n) is 5.23. The first-order valence-corrected chi connectivity index (χ1v) is 9.57. The quantitative estimate of drug-likeness (QED) is 0.735. The van der Waals surface area contributed by atoms with Gasteiger partial charge in [-0.05, 0) is 31.0 Å². The van der Waals surface area contributed by atoms with Gasteiger partial charge in [0.2, 0.25) is 5.91 Å². The molecule has 7 heteroatoms. The minimum Gasteiger partial charge on any atom is -0.484 e. The molecule has 0 saturated carbocycles. The van der Waals surface area contributed by atoms with E-state index in [0.29, 0.717) is 32.0 Å². The lowest BCUT2D eigenvalue weighted by atomic mass is 10.1. The third kappa shape index (κ3) is 4.99. The highest BCUT2D eigenvalue weighted by Crippen LogP contribution is 2.18. The van der Waals surface area contributed by atoms with E-state index in [0.717, 1.165) is 31.6 Å². The van der Waals surface area contributed by atoms with Gasteiger partial charge in [-0.15, -0.1) is 0 Å². The Morgan fingerprint density at radius 3 is 2.85 bits per heavy atom. The fourth-order valence-corrected chi connectivity index (χ4v) is 3.70. The molecule has 7 nitrogen and oxygen atoms in total. The normalized spacial score (nSPS) is 21.0. The van der Waals surface area contributed by atoms with E-state index in [1.54, 1.807) is 12.0 Å². The maximum absolute atomic E-state index is 12.9. The number of benzene rings is 1. The van der Waals surface area contributed by atoms with E-state index < -0.39 is 0 Å². The number of aryl methyl sites for hydroxylation is 1. The van der Waals surface area contributed by atoms with E-state index in [4.69, 9.17) is 9.47 Å². The van der Waals surface area contributed by atoms with Crippen molar-refractivity contribution in [3.05, 3.63) is 29.8 Å². The number of piperazine rings is 1. The summed E-state index contributed by atoms with van der Waals surface area (Å²) in [6.07, 6.45) is 0.873. The first-order chi connectivity index (χ1) is 13.1. The van der Waals surface area contributed by atoms with Crippen LogP contribution in [0.15, 0.2) is 24.3 Å². The van der Waals surface area contributed by atoms with Crippen LogP contribution in [0.3, 0.4) is 0 Å². The largest absolute Gasteiger partial charge is 0.484 e. The van der Waals surface area contributed by atoms with E-state index in [1.807, 2.05) is 36.1 Å². The molecule has 2 fully saturated rings. The summed E-state index contributed by atoms with van der Waals surface area (Å²) in [5, 5.41) is 0. The molecule has 0 N–H and O–H groups in total.